The topological polar surface area (TPSA) is 97.2 Å². The van der Waals surface area contributed by atoms with Crippen molar-refractivity contribution in [3.05, 3.63) is 27.9 Å². The Balaban J connectivity index is 2.94. The van der Waals surface area contributed by atoms with E-state index in [1.54, 1.807) is 0 Å². The van der Waals surface area contributed by atoms with Crippen LogP contribution in [0.4, 0.5) is 11.5 Å². The lowest BCUT2D eigenvalue weighted by Crippen LogP contribution is -2.31. The monoisotopic (exact) mass is 294 g/mol. The molecule has 7 heteroatoms. The van der Waals surface area contributed by atoms with Crippen LogP contribution in [0.1, 0.15) is 38.1 Å². The van der Waals surface area contributed by atoms with Gasteiger partial charge in [0.25, 0.3) is 11.6 Å². The molecule has 1 amide bonds. The van der Waals surface area contributed by atoms with Gasteiger partial charge >= 0.3 is 0 Å². The van der Waals surface area contributed by atoms with E-state index in [0.717, 1.165) is 6.20 Å². The molecule has 21 heavy (non-hydrogen) atoms. The molecule has 7 nitrogen and oxygen atoms in total. The summed E-state index contributed by atoms with van der Waals surface area (Å²) in [5.41, 5.74) is 0.000664. The van der Waals surface area contributed by atoms with Crippen LogP contribution >= 0.6 is 0 Å². The number of aromatic nitrogens is 1. The third kappa shape index (κ3) is 4.70. The Morgan fingerprint density at radius 2 is 2.10 bits per heavy atom. The summed E-state index contributed by atoms with van der Waals surface area (Å²) in [6.45, 7) is 9.16. The third-order valence-electron chi connectivity index (χ3n) is 3.40. The van der Waals surface area contributed by atoms with E-state index in [4.69, 9.17) is 0 Å². The van der Waals surface area contributed by atoms with Crippen molar-refractivity contribution < 1.29 is 9.72 Å². The maximum atomic E-state index is 12.2. The Morgan fingerprint density at radius 1 is 1.43 bits per heavy atom. The summed E-state index contributed by atoms with van der Waals surface area (Å²) < 4.78 is 0. The number of hydrogen-bond donors (Lipinski definition) is 2. The summed E-state index contributed by atoms with van der Waals surface area (Å²) >= 11 is 0. The minimum atomic E-state index is -0.559. The van der Waals surface area contributed by atoms with E-state index in [9.17, 15) is 14.9 Å². The molecule has 0 radical (unpaired) electrons. The van der Waals surface area contributed by atoms with Crippen molar-refractivity contribution in [3.8, 4) is 0 Å². The van der Waals surface area contributed by atoms with Gasteiger partial charge in [-0.05, 0) is 18.8 Å². The van der Waals surface area contributed by atoms with Crippen LogP contribution in [0.3, 0.4) is 0 Å². The van der Waals surface area contributed by atoms with E-state index in [1.165, 1.54) is 6.07 Å². The molecule has 0 aliphatic heterocycles. The molecule has 0 aliphatic rings. The summed E-state index contributed by atoms with van der Waals surface area (Å²) in [5.74, 6) is 0.775. The minimum absolute atomic E-state index is 0.196. The van der Waals surface area contributed by atoms with Crippen molar-refractivity contribution in [1.29, 1.82) is 0 Å². The first-order chi connectivity index (χ1) is 9.86. The first-order valence-electron chi connectivity index (χ1n) is 7.03. The minimum Gasteiger partial charge on any atom is -0.370 e. The van der Waals surface area contributed by atoms with E-state index in [1.807, 2.05) is 13.8 Å². The van der Waals surface area contributed by atoms with Gasteiger partial charge in [0.2, 0.25) is 0 Å². The average Bonchev–Trinajstić information content (AvgIpc) is 2.44. The quantitative estimate of drug-likeness (QED) is 0.594. The molecule has 1 heterocycles. The van der Waals surface area contributed by atoms with E-state index < -0.39 is 4.92 Å². The summed E-state index contributed by atoms with van der Waals surface area (Å²) in [6, 6.07) is 1.25. The number of amides is 1. The Hall–Kier alpha value is -2.18. The van der Waals surface area contributed by atoms with Crippen molar-refractivity contribution in [1.82, 2.24) is 10.3 Å². The fourth-order valence-electron chi connectivity index (χ4n) is 1.62. The molecule has 1 aromatic rings. The van der Waals surface area contributed by atoms with Crippen molar-refractivity contribution in [2.75, 3.05) is 18.4 Å². The van der Waals surface area contributed by atoms with Gasteiger partial charge in [-0.25, -0.2) is 4.98 Å². The van der Waals surface area contributed by atoms with Gasteiger partial charge in [0.1, 0.15) is 12.0 Å². The fraction of sp³-hybridized carbons (Fsp3) is 0.571. The summed E-state index contributed by atoms with van der Waals surface area (Å²) in [5, 5.41) is 16.6. The van der Waals surface area contributed by atoms with Crippen LogP contribution in [-0.2, 0) is 0 Å². The van der Waals surface area contributed by atoms with E-state index in [0.29, 0.717) is 30.7 Å². The third-order valence-corrected chi connectivity index (χ3v) is 3.40. The molecule has 1 aromatic heterocycles. The number of pyridine rings is 1. The van der Waals surface area contributed by atoms with Crippen LogP contribution < -0.4 is 10.6 Å². The second-order valence-corrected chi connectivity index (χ2v) is 5.31. The first-order valence-corrected chi connectivity index (χ1v) is 7.03. The Kier molecular flexibility index (Phi) is 6.08. The Morgan fingerprint density at radius 3 is 2.62 bits per heavy atom. The van der Waals surface area contributed by atoms with Gasteiger partial charge in [-0.1, -0.05) is 20.8 Å². The summed E-state index contributed by atoms with van der Waals surface area (Å²) in [7, 11) is 0. The van der Waals surface area contributed by atoms with Crippen LogP contribution in [0.15, 0.2) is 12.3 Å². The normalized spacial score (nSPS) is 12.0. The summed E-state index contributed by atoms with van der Waals surface area (Å²) in [4.78, 5) is 26.4. The molecule has 0 bridgehead atoms. The molecular weight excluding hydrogens is 272 g/mol. The van der Waals surface area contributed by atoms with Crippen LogP contribution in [0, 0.1) is 22.0 Å². The lowest BCUT2D eigenvalue weighted by atomic mass is 9.98. The molecule has 0 aliphatic carbocycles. The number of anilines is 1. The predicted molar refractivity (Wildman–Crippen MR) is 81.4 cm³/mol. The molecule has 1 rings (SSSR count). The Bertz CT molecular complexity index is 517. The second kappa shape index (κ2) is 7.56. The van der Waals surface area contributed by atoms with Gasteiger partial charge in [-0.3, -0.25) is 14.9 Å². The van der Waals surface area contributed by atoms with Gasteiger partial charge < -0.3 is 10.6 Å². The van der Waals surface area contributed by atoms with Crippen molar-refractivity contribution >= 4 is 17.4 Å². The SMILES string of the molecule is CCNc1ncc([N+](=O)[O-])cc1C(=O)NCC(C)C(C)C. The smallest absolute Gasteiger partial charge is 0.288 e. The van der Waals surface area contributed by atoms with Crippen LogP contribution in [0.25, 0.3) is 0 Å². The molecule has 0 saturated carbocycles. The van der Waals surface area contributed by atoms with Crippen LogP contribution in [-0.4, -0.2) is 28.9 Å². The number of nitrogens with zero attached hydrogens (tertiary/aromatic N) is 2. The maximum absolute atomic E-state index is 12.2. The molecule has 1 unspecified atom stereocenters. The van der Waals surface area contributed by atoms with Gasteiger partial charge in [-0.2, -0.15) is 0 Å². The van der Waals surface area contributed by atoms with Gasteiger partial charge in [0.05, 0.1) is 10.5 Å². The fourth-order valence-corrected chi connectivity index (χ4v) is 1.62. The highest BCUT2D eigenvalue weighted by atomic mass is 16.6. The first kappa shape index (κ1) is 16.9. The highest BCUT2D eigenvalue weighted by Gasteiger charge is 2.18. The number of hydrogen-bond acceptors (Lipinski definition) is 5. The number of nitrogens with one attached hydrogen (secondary N) is 2. The lowest BCUT2D eigenvalue weighted by Gasteiger charge is -2.16. The molecule has 0 aromatic carbocycles. The summed E-state index contributed by atoms with van der Waals surface area (Å²) in [6.07, 6.45) is 1.14. The Labute approximate surface area is 124 Å². The van der Waals surface area contributed by atoms with E-state index in [-0.39, 0.29) is 17.2 Å². The molecule has 0 spiro atoms. The zero-order chi connectivity index (χ0) is 16.0. The average molecular weight is 294 g/mol. The molecule has 116 valence electrons. The van der Waals surface area contributed by atoms with Gasteiger partial charge in [0, 0.05) is 19.2 Å². The highest BCUT2D eigenvalue weighted by Crippen LogP contribution is 2.19. The van der Waals surface area contributed by atoms with Crippen LogP contribution in [0.5, 0.6) is 0 Å². The number of nitro groups is 1. The zero-order valence-electron chi connectivity index (χ0n) is 12.8. The molecule has 0 fully saturated rings. The van der Waals surface area contributed by atoms with E-state index in [2.05, 4.69) is 29.5 Å². The highest BCUT2D eigenvalue weighted by molar-refractivity contribution is 5.99. The number of carbonyl (C=O) groups is 1. The standard InChI is InChI=1S/C14H22N4O3/c1-5-15-13-12(6-11(8-16-13)18(20)21)14(19)17-7-10(4)9(2)3/h6,8-10H,5,7H2,1-4H3,(H,15,16)(H,17,19). The van der Waals surface area contributed by atoms with E-state index >= 15 is 0 Å². The molecule has 1 atom stereocenters. The number of carbonyl (C=O) groups excluding carboxylic acids is 1. The predicted octanol–water partition coefficient (Wildman–Crippen LogP) is 2.44. The number of rotatable bonds is 7. The lowest BCUT2D eigenvalue weighted by molar-refractivity contribution is -0.385. The van der Waals surface area contributed by atoms with Crippen molar-refractivity contribution in [3.63, 3.8) is 0 Å². The second-order valence-electron chi connectivity index (χ2n) is 5.31. The zero-order valence-corrected chi connectivity index (χ0v) is 12.8. The van der Waals surface area contributed by atoms with Crippen molar-refractivity contribution in [2.45, 2.75) is 27.7 Å². The molecular formula is C14H22N4O3. The van der Waals surface area contributed by atoms with Gasteiger partial charge in [0.15, 0.2) is 0 Å². The largest absolute Gasteiger partial charge is 0.370 e. The van der Waals surface area contributed by atoms with Crippen LogP contribution in [0.2, 0.25) is 0 Å². The maximum Gasteiger partial charge on any atom is 0.288 e. The molecule has 2 N–H and O–H groups in total. The van der Waals surface area contributed by atoms with Crippen molar-refractivity contribution in [2.24, 2.45) is 11.8 Å². The molecule has 0 saturated heterocycles. The van der Waals surface area contributed by atoms with Gasteiger partial charge in [-0.15, -0.1) is 0 Å².